The maximum Gasteiger partial charge on any atom is 0.225 e. The van der Waals surface area contributed by atoms with Crippen LogP contribution in [-0.2, 0) is 0 Å². The molecular weight excluding hydrogens is 250 g/mol. The lowest BCUT2D eigenvalue weighted by Gasteiger charge is -2.45. The summed E-state index contributed by atoms with van der Waals surface area (Å²) in [6.07, 6.45) is 8.32. The number of hydrogen-bond donors (Lipinski definition) is 2. The molecule has 1 saturated carbocycles. The zero-order chi connectivity index (χ0) is 14.2. The number of nitrogens with zero attached hydrogens (tertiary/aromatic N) is 3. The summed E-state index contributed by atoms with van der Waals surface area (Å²) in [6, 6.07) is 0.911. The Kier molecular flexibility index (Phi) is 3.54. The van der Waals surface area contributed by atoms with Crippen molar-refractivity contribution in [1.29, 1.82) is 0 Å². The SMILES string of the molecule is CC1(C)CN(c2ncc(NC3CCC(N)CC3)cn2)C1. The second kappa shape index (κ2) is 5.20. The van der Waals surface area contributed by atoms with Gasteiger partial charge in [0, 0.05) is 25.2 Å². The number of anilines is 2. The minimum atomic E-state index is 0.390. The van der Waals surface area contributed by atoms with Crippen LogP contribution in [0, 0.1) is 5.41 Å². The summed E-state index contributed by atoms with van der Waals surface area (Å²) in [4.78, 5) is 11.2. The predicted molar refractivity (Wildman–Crippen MR) is 81.9 cm³/mol. The molecule has 3 rings (SSSR count). The fourth-order valence-electron chi connectivity index (χ4n) is 3.19. The van der Waals surface area contributed by atoms with Gasteiger partial charge in [0.25, 0.3) is 0 Å². The average Bonchev–Trinajstić information content (AvgIpc) is 2.40. The summed E-state index contributed by atoms with van der Waals surface area (Å²) in [7, 11) is 0. The molecule has 0 unspecified atom stereocenters. The molecule has 20 heavy (non-hydrogen) atoms. The molecule has 1 aliphatic heterocycles. The molecule has 2 heterocycles. The molecule has 1 saturated heterocycles. The molecule has 1 aromatic heterocycles. The van der Waals surface area contributed by atoms with E-state index >= 15 is 0 Å². The smallest absolute Gasteiger partial charge is 0.225 e. The minimum Gasteiger partial charge on any atom is -0.380 e. The Balaban J connectivity index is 1.54. The van der Waals surface area contributed by atoms with Crippen LogP contribution < -0.4 is 16.0 Å². The van der Waals surface area contributed by atoms with E-state index < -0.39 is 0 Å². The van der Waals surface area contributed by atoms with E-state index in [1.165, 1.54) is 0 Å². The standard InChI is InChI=1S/C15H25N5/c1-15(2)9-20(10-15)14-17-7-13(8-18-14)19-12-5-3-11(16)4-6-12/h7-8,11-12,19H,3-6,9-10,16H2,1-2H3. The zero-order valence-electron chi connectivity index (χ0n) is 12.5. The monoisotopic (exact) mass is 275 g/mol. The molecule has 5 heteroatoms. The van der Waals surface area contributed by atoms with Crippen molar-refractivity contribution in [2.24, 2.45) is 11.1 Å². The van der Waals surface area contributed by atoms with Crippen LogP contribution in [0.1, 0.15) is 39.5 Å². The zero-order valence-corrected chi connectivity index (χ0v) is 12.5. The first kappa shape index (κ1) is 13.6. The molecule has 110 valence electrons. The van der Waals surface area contributed by atoms with Gasteiger partial charge in [-0.3, -0.25) is 0 Å². The number of nitrogens with two attached hydrogens (primary N) is 1. The predicted octanol–water partition coefficient (Wildman–Crippen LogP) is 2.00. The van der Waals surface area contributed by atoms with Crippen molar-refractivity contribution >= 4 is 11.6 Å². The van der Waals surface area contributed by atoms with Crippen LogP contribution >= 0.6 is 0 Å². The average molecular weight is 275 g/mol. The van der Waals surface area contributed by atoms with Gasteiger partial charge in [-0.1, -0.05) is 13.8 Å². The van der Waals surface area contributed by atoms with Gasteiger partial charge >= 0.3 is 0 Å². The number of aromatic nitrogens is 2. The van der Waals surface area contributed by atoms with Crippen LogP contribution in [0.3, 0.4) is 0 Å². The fraction of sp³-hybridized carbons (Fsp3) is 0.733. The second-order valence-electron chi connectivity index (χ2n) is 7.05. The quantitative estimate of drug-likeness (QED) is 0.883. The van der Waals surface area contributed by atoms with Crippen LogP contribution in [0.5, 0.6) is 0 Å². The molecule has 1 aliphatic carbocycles. The topological polar surface area (TPSA) is 67.1 Å². The van der Waals surface area contributed by atoms with Gasteiger partial charge in [0.15, 0.2) is 0 Å². The summed E-state index contributed by atoms with van der Waals surface area (Å²) in [5, 5.41) is 3.52. The molecule has 0 atom stereocenters. The first-order chi connectivity index (χ1) is 9.52. The lowest BCUT2D eigenvalue weighted by molar-refractivity contribution is 0.272. The minimum absolute atomic E-state index is 0.390. The van der Waals surface area contributed by atoms with Crippen molar-refractivity contribution in [3.8, 4) is 0 Å². The summed E-state index contributed by atoms with van der Waals surface area (Å²) in [6.45, 7) is 6.63. The second-order valence-corrected chi connectivity index (χ2v) is 7.05. The summed E-state index contributed by atoms with van der Waals surface area (Å²) in [5.74, 6) is 0.848. The van der Waals surface area contributed by atoms with Crippen molar-refractivity contribution in [3.63, 3.8) is 0 Å². The molecule has 2 fully saturated rings. The lowest BCUT2D eigenvalue weighted by atomic mass is 9.85. The maximum atomic E-state index is 5.93. The molecule has 0 spiro atoms. The van der Waals surface area contributed by atoms with Gasteiger partial charge in [-0.25, -0.2) is 9.97 Å². The van der Waals surface area contributed by atoms with E-state index in [0.717, 1.165) is 50.4 Å². The number of nitrogens with one attached hydrogen (secondary N) is 1. The summed E-state index contributed by atoms with van der Waals surface area (Å²) in [5.41, 5.74) is 7.36. The highest BCUT2D eigenvalue weighted by atomic mass is 15.3. The van der Waals surface area contributed by atoms with Crippen molar-refractivity contribution in [1.82, 2.24) is 9.97 Å². The molecule has 2 aliphatic rings. The van der Waals surface area contributed by atoms with Crippen LogP contribution in [0.25, 0.3) is 0 Å². The maximum absolute atomic E-state index is 5.93. The van der Waals surface area contributed by atoms with Gasteiger partial charge in [0.1, 0.15) is 0 Å². The third kappa shape index (κ3) is 3.03. The van der Waals surface area contributed by atoms with Gasteiger partial charge in [-0.05, 0) is 31.1 Å². The normalized spacial score (nSPS) is 28.9. The lowest BCUT2D eigenvalue weighted by Crippen LogP contribution is -2.53. The highest BCUT2D eigenvalue weighted by Gasteiger charge is 2.35. The molecule has 0 aromatic carbocycles. The van der Waals surface area contributed by atoms with E-state index in [0.29, 0.717) is 17.5 Å². The molecule has 5 nitrogen and oxygen atoms in total. The Morgan fingerprint density at radius 1 is 1.15 bits per heavy atom. The van der Waals surface area contributed by atoms with Crippen LogP contribution in [0.4, 0.5) is 11.6 Å². The Labute approximate surface area is 121 Å². The Morgan fingerprint density at radius 2 is 1.75 bits per heavy atom. The van der Waals surface area contributed by atoms with E-state index in [9.17, 15) is 0 Å². The van der Waals surface area contributed by atoms with E-state index in [1.54, 1.807) is 0 Å². The number of rotatable bonds is 3. The molecule has 3 N–H and O–H groups in total. The van der Waals surface area contributed by atoms with E-state index in [4.69, 9.17) is 5.73 Å². The van der Waals surface area contributed by atoms with Crippen LogP contribution in [0.15, 0.2) is 12.4 Å². The third-order valence-corrected chi connectivity index (χ3v) is 4.30. The molecule has 0 radical (unpaired) electrons. The summed E-state index contributed by atoms with van der Waals surface area (Å²) >= 11 is 0. The van der Waals surface area contributed by atoms with E-state index in [-0.39, 0.29) is 0 Å². The molecule has 1 aromatic rings. The first-order valence-electron chi connectivity index (χ1n) is 7.61. The van der Waals surface area contributed by atoms with Gasteiger partial charge < -0.3 is 16.0 Å². The fourth-order valence-corrected chi connectivity index (χ4v) is 3.19. The third-order valence-electron chi connectivity index (χ3n) is 4.30. The van der Waals surface area contributed by atoms with Crippen molar-refractivity contribution in [2.75, 3.05) is 23.3 Å². The molecule has 0 bridgehead atoms. The molecule has 0 amide bonds. The highest BCUT2D eigenvalue weighted by Crippen LogP contribution is 2.31. The first-order valence-corrected chi connectivity index (χ1v) is 7.61. The van der Waals surface area contributed by atoms with Gasteiger partial charge in [-0.2, -0.15) is 0 Å². The Bertz CT molecular complexity index is 440. The largest absolute Gasteiger partial charge is 0.380 e. The Morgan fingerprint density at radius 3 is 2.30 bits per heavy atom. The van der Waals surface area contributed by atoms with Gasteiger partial charge in [0.2, 0.25) is 5.95 Å². The van der Waals surface area contributed by atoms with Crippen LogP contribution in [0.2, 0.25) is 0 Å². The highest BCUT2D eigenvalue weighted by molar-refractivity contribution is 5.44. The summed E-state index contributed by atoms with van der Waals surface area (Å²) < 4.78 is 0. The number of hydrogen-bond acceptors (Lipinski definition) is 5. The van der Waals surface area contributed by atoms with Crippen LogP contribution in [-0.4, -0.2) is 35.1 Å². The van der Waals surface area contributed by atoms with Crippen molar-refractivity contribution in [3.05, 3.63) is 12.4 Å². The van der Waals surface area contributed by atoms with Gasteiger partial charge in [0.05, 0.1) is 18.1 Å². The van der Waals surface area contributed by atoms with E-state index in [2.05, 4.69) is 34.0 Å². The van der Waals surface area contributed by atoms with Crippen molar-refractivity contribution < 1.29 is 0 Å². The van der Waals surface area contributed by atoms with Gasteiger partial charge in [-0.15, -0.1) is 0 Å². The Hall–Kier alpha value is -1.36. The molecular formula is C15H25N5. The van der Waals surface area contributed by atoms with E-state index in [1.807, 2.05) is 12.4 Å². The van der Waals surface area contributed by atoms with Crippen molar-refractivity contribution in [2.45, 2.75) is 51.6 Å².